The molecule has 0 aliphatic carbocycles. The highest BCUT2D eigenvalue weighted by Gasteiger charge is 2.35. The Balaban J connectivity index is 1.33. The monoisotopic (exact) mass is 442 g/mol. The van der Waals surface area contributed by atoms with E-state index < -0.39 is 0 Å². The summed E-state index contributed by atoms with van der Waals surface area (Å²) in [6.45, 7) is 2.39. The van der Waals surface area contributed by atoms with Gasteiger partial charge in [0, 0.05) is 29.9 Å². The van der Waals surface area contributed by atoms with Gasteiger partial charge in [-0.25, -0.2) is 0 Å². The predicted molar refractivity (Wildman–Crippen MR) is 117 cm³/mol. The van der Waals surface area contributed by atoms with E-state index in [0.717, 1.165) is 30.4 Å². The second kappa shape index (κ2) is 7.89. The molecule has 0 unspecified atom stereocenters. The van der Waals surface area contributed by atoms with E-state index in [-0.39, 0.29) is 24.5 Å². The SMILES string of the molecule is O=C1S/C(=C/c2ccc(N3CCCC3)cc2)C(=O)N1Cc1cc2c(cc1Cl)OCO2. The van der Waals surface area contributed by atoms with Crippen molar-refractivity contribution in [2.24, 2.45) is 0 Å². The number of carbonyl (C=O) groups excluding carboxylic acids is 2. The fraction of sp³-hybridized carbons (Fsp3) is 0.273. The summed E-state index contributed by atoms with van der Waals surface area (Å²) < 4.78 is 10.7. The van der Waals surface area contributed by atoms with Crippen molar-refractivity contribution in [3.05, 3.63) is 57.5 Å². The molecule has 2 fully saturated rings. The molecule has 3 aliphatic heterocycles. The summed E-state index contributed by atoms with van der Waals surface area (Å²) in [5, 5.41) is 0.119. The molecule has 5 rings (SSSR count). The number of benzene rings is 2. The Bertz CT molecular complexity index is 1050. The molecule has 3 heterocycles. The highest BCUT2D eigenvalue weighted by Crippen LogP contribution is 2.39. The Kier molecular flexibility index (Phi) is 5.08. The maximum atomic E-state index is 12.9. The number of amides is 2. The van der Waals surface area contributed by atoms with E-state index in [1.54, 1.807) is 18.2 Å². The molecule has 0 spiro atoms. The zero-order valence-electron chi connectivity index (χ0n) is 16.1. The lowest BCUT2D eigenvalue weighted by Gasteiger charge is -2.17. The molecule has 0 saturated carbocycles. The largest absolute Gasteiger partial charge is 0.454 e. The van der Waals surface area contributed by atoms with E-state index >= 15 is 0 Å². The van der Waals surface area contributed by atoms with Gasteiger partial charge in [-0.15, -0.1) is 0 Å². The first kappa shape index (κ1) is 19.3. The summed E-state index contributed by atoms with van der Waals surface area (Å²) in [6.07, 6.45) is 4.21. The molecule has 8 heteroatoms. The zero-order valence-corrected chi connectivity index (χ0v) is 17.7. The summed E-state index contributed by atoms with van der Waals surface area (Å²) in [6, 6.07) is 11.5. The molecule has 0 radical (unpaired) electrons. The first-order valence-corrected chi connectivity index (χ1v) is 11.0. The van der Waals surface area contributed by atoms with Crippen LogP contribution in [0.2, 0.25) is 5.02 Å². The van der Waals surface area contributed by atoms with Gasteiger partial charge in [0.25, 0.3) is 11.1 Å². The third-order valence-electron chi connectivity index (χ3n) is 5.41. The topological polar surface area (TPSA) is 59.1 Å². The fourth-order valence-corrected chi connectivity index (χ4v) is 4.85. The van der Waals surface area contributed by atoms with Crippen molar-refractivity contribution >= 4 is 46.3 Å². The number of carbonyl (C=O) groups is 2. The fourth-order valence-electron chi connectivity index (χ4n) is 3.80. The number of halogens is 1. The maximum Gasteiger partial charge on any atom is 0.293 e. The van der Waals surface area contributed by atoms with Crippen LogP contribution in [0.4, 0.5) is 10.5 Å². The Morgan fingerprint density at radius 2 is 1.73 bits per heavy atom. The van der Waals surface area contributed by atoms with Crippen molar-refractivity contribution < 1.29 is 19.1 Å². The predicted octanol–water partition coefficient (Wildman–Crippen LogP) is 4.91. The minimum atomic E-state index is -0.317. The standard InChI is InChI=1S/C22H19ClN2O4S/c23-17-11-19-18(28-13-29-19)10-15(17)12-25-21(26)20(30-22(25)27)9-14-3-5-16(6-4-14)24-7-1-2-8-24/h3-6,9-11H,1-2,7-8,12-13H2/b20-9+. The second-order valence-corrected chi connectivity index (χ2v) is 8.75. The van der Waals surface area contributed by atoms with E-state index in [9.17, 15) is 9.59 Å². The first-order valence-electron chi connectivity index (χ1n) is 9.77. The lowest BCUT2D eigenvalue weighted by Crippen LogP contribution is -2.27. The van der Waals surface area contributed by atoms with Crippen LogP contribution < -0.4 is 14.4 Å². The van der Waals surface area contributed by atoms with Crippen molar-refractivity contribution in [2.45, 2.75) is 19.4 Å². The molecule has 0 atom stereocenters. The van der Waals surface area contributed by atoms with E-state index in [1.165, 1.54) is 23.4 Å². The Morgan fingerprint density at radius 3 is 2.47 bits per heavy atom. The van der Waals surface area contributed by atoms with Crippen LogP contribution in [0.5, 0.6) is 11.5 Å². The minimum absolute atomic E-state index is 0.0887. The smallest absolute Gasteiger partial charge is 0.293 e. The van der Waals surface area contributed by atoms with Crippen molar-refractivity contribution in [1.29, 1.82) is 0 Å². The van der Waals surface area contributed by atoms with Crippen LogP contribution in [0.3, 0.4) is 0 Å². The molecular formula is C22H19ClN2O4S. The number of imide groups is 1. The van der Waals surface area contributed by atoms with Crippen LogP contribution in [0, 0.1) is 0 Å². The molecule has 2 aromatic rings. The van der Waals surface area contributed by atoms with Gasteiger partial charge in [0.2, 0.25) is 6.79 Å². The third-order valence-corrected chi connectivity index (χ3v) is 6.66. The van der Waals surface area contributed by atoms with Gasteiger partial charge in [0.1, 0.15) is 0 Å². The van der Waals surface area contributed by atoms with Gasteiger partial charge >= 0.3 is 0 Å². The molecule has 2 saturated heterocycles. The maximum absolute atomic E-state index is 12.9. The highest BCUT2D eigenvalue weighted by molar-refractivity contribution is 8.18. The van der Waals surface area contributed by atoms with Gasteiger partial charge in [0.15, 0.2) is 11.5 Å². The molecule has 2 amide bonds. The van der Waals surface area contributed by atoms with E-state index in [4.69, 9.17) is 21.1 Å². The van der Waals surface area contributed by atoms with Crippen LogP contribution >= 0.6 is 23.4 Å². The van der Waals surface area contributed by atoms with Gasteiger partial charge < -0.3 is 14.4 Å². The van der Waals surface area contributed by atoms with Gasteiger partial charge in [-0.05, 0) is 60.0 Å². The number of hydrogen-bond acceptors (Lipinski definition) is 6. The summed E-state index contributed by atoms with van der Waals surface area (Å²) in [4.78, 5) is 29.3. The quantitative estimate of drug-likeness (QED) is 0.627. The van der Waals surface area contributed by atoms with Crippen molar-refractivity contribution in [1.82, 2.24) is 4.90 Å². The van der Waals surface area contributed by atoms with Crippen LogP contribution in [0.1, 0.15) is 24.0 Å². The van der Waals surface area contributed by atoms with E-state index in [2.05, 4.69) is 17.0 Å². The summed E-state index contributed by atoms with van der Waals surface area (Å²) in [7, 11) is 0. The van der Waals surface area contributed by atoms with E-state index in [0.29, 0.717) is 27.0 Å². The molecule has 0 aromatic heterocycles. The molecule has 0 N–H and O–H groups in total. The second-order valence-electron chi connectivity index (χ2n) is 7.35. The highest BCUT2D eigenvalue weighted by atomic mass is 35.5. The van der Waals surface area contributed by atoms with Crippen LogP contribution in [0.15, 0.2) is 41.3 Å². The molecule has 6 nitrogen and oxygen atoms in total. The van der Waals surface area contributed by atoms with Gasteiger partial charge in [-0.3, -0.25) is 14.5 Å². The number of nitrogens with zero attached hydrogens (tertiary/aromatic N) is 2. The number of rotatable bonds is 4. The van der Waals surface area contributed by atoms with Crippen molar-refractivity contribution in [2.75, 3.05) is 24.8 Å². The molecular weight excluding hydrogens is 424 g/mol. The van der Waals surface area contributed by atoms with Crippen molar-refractivity contribution in [3.8, 4) is 11.5 Å². The molecule has 3 aliphatic rings. The summed E-state index contributed by atoms with van der Waals surface area (Å²) >= 11 is 7.25. The third kappa shape index (κ3) is 3.63. The summed E-state index contributed by atoms with van der Waals surface area (Å²) in [5.41, 5.74) is 2.72. The number of ether oxygens (including phenoxy) is 2. The number of fused-ring (bicyclic) bond motifs is 1. The normalized spacial score (nSPS) is 19.4. The van der Waals surface area contributed by atoms with Crippen LogP contribution in [0.25, 0.3) is 6.08 Å². The van der Waals surface area contributed by atoms with Gasteiger partial charge in [0.05, 0.1) is 11.4 Å². The lowest BCUT2D eigenvalue weighted by atomic mass is 10.1. The van der Waals surface area contributed by atoms with Gasteiger partial charge in [-0.1, -0.05) is 23.7 Å². The number of hydrogen-bond donors (Lipinski definition) is 0. The molecule has 154 valence electrons. The average molecular weight is 443 g/mol. The number of thioether (sulfide) groups is 1. The Labute approximate surface area is 183 Å². The van der Waals surface area contributed by atoms with Crippen LogP contribution in [-0.4, -0.2) is 35.9 Å². The minimum Gasteiger partial charge on any atom is -0.454 e. The average Bonchev–Trinajstić information content (AvgIpc) is 3.47. The Hall–Kier alpha value is -2.64. The molecule has 2 aromatic carbocycles. The zero-order chi connectivity index (χ0) is 20.7. The summed E-state index contributed by atoms with van der Waals surface area (Å²) in [5.74, 6) is 0.813. The van der Waals surface area contributed by atoms with Crippen LogP contribution in [-0.2, 0) is 11.3 Å². The molecule has 30 heavy (non-hydrogen) atoms. The lowest BCUT2D eigenvalue weighted by molar-refractivity contribution is -0.123. The number of anilines is 1. The first-order chi connectivity index (χ1) is 14.6. The van der Waals surface area contributed by atoms with E-state index in [1.807, 2.05) is 12.1 Å². The molecule has 0 bridgehead atoms. The Morgan fingerprint density at radius 1 is 1.03 bits per heavy atom. The van der Waals surface area contributed by atoms with Crippen molar-refractivity contribution in [3.63, 3.8) is 0 Å². The van der Waals surface area contributed by atoms with Gasteiger partial charge in [-0.2, -0.15) is 0 Å².